The number of hydrogen-bond donors (Lipinski definition) is 1. The predicted molar refractivity (Wildman–Crippen MR) is 69.4 cm³/mol. The van der Waals surface area contributed by atoms with Crippen LogP contribution in [0.25, 0.3) is 0 Å². The number of methoxy groups -OCH3 is 1. The van der Waals surface area contributed by atoms with Crippen LogP contribution in [0.15, 0.2) is 18.2 Å². The van der Waals surface area contributed by atoms with E-state index in [1.54, 1.807) is 7.11 Å². The number of hydrogen-bond acceptors (Lipinski definition) is 3. The highest BCUT2D eigenvalue weighted by atomic mass is 16.5. The zero-order valence-electron chi connectivity index (χ0n) is 10.7. The molecule has 1 rings (SSSR count). The number of benzene rings is 1. The summed E-state index contributed by atoms with van der Waals surface area (Å²) in [6.45, 7) is 4.18. The van der Waals surface area contributed by atoms with Gasteiger partial charge in [0.05, 0.1) is 7.11 Å². The molecule has 0 fully saturated rings. The predicted octanol–water partition coefficient (Wildman–Crippen LogP) is 2.37. The number of nitrogens with one attached hydrogen (secondary N) is 1. The molecule has 0 radical (unpaired) electrons. The molecule has 0 atom stereocenters. The first-order valence-electron chi connectivity index (χ1n) is 5.66. The molecule has 0 saturated heterocycles. The first-order valence-corrected chi connectivity index (χ1v) is 5.66. The third-order valence-corrected chi connectivity index (χ3v) is 2.51. The van der Waals surface area contributed by atoms with Gasteiger partial charge in [0.1, 0.15) is 5.75 Å². The minimum atomic E-state index is 0.943. The van der Waals surface area contributed by atoms with Crippen LogP contribution in [0.1, 0.15) is 12.0 Å². The molecule has 1 aromatic carbocycles. The van der Waals surface area contributed by atoms with E-state index in [0.717, 1.165) is 30.9 Å². The Hall–Kier alpha value is -1.22. The van der Waals surface area contributed by atoms with Crippen molar-refractivity contribution in [3.8, 4) is 5.75 Å². The van der Waals surface area contributed by atoms with Gasteiger partial charge < -0.3 is 15.0 Å². The zero-order valence-corrected chi connectivity index (χ0v) is 10.7. The summed E-state index contributed by atoms with van der Waals surface area (Å²) in [5.74, 6) is 0.943. The lowest BCUT2D eigenvalue weighted by molar-refractivity contribution is 0.405. The standard InChI is InChI=1S/C13H22N2O/c1-11-10-12(6-7-13(11)16-4)14-8-5-9-15(2)3/h6-7,10,14H,5,8-9H2,1-4H3. The van der Waals surface area contributed by atoms with Gasteiger partial charge in [0.2, 0.25) is 0 Å². The normalized spacial score (nSPS) is 10.6. The highest BCUT2D eigenvalue weighted by Crippen LogP contribution is 2.21. The van der Waals surface area contributed by atoms with Crippen molar-refractivity contribution in [2.24, 2.45) is 0 Å². The van der Waals surface area contributed by atoms with Gasteiger partial charge in [-0.3, -0.25) is 0 Å². The summed E-state index contributed by atoms with van der Waals surface area (Å²) < 4.78 is 5.22. The molecule has 0 aromatic heterocycles. The Morgan fingerprint density at radius 2 is 2.06 bits per heavy atom. The van der Waals surface area contributed by atoms with Crippen LogP contribution in [0.2, 0.25) is 0 Å². The van der Waals surface area contributed by atoms with Gasteiger partial charge in [-0.2, -0.15) is 0 Å². The third kappa shape index (κ3) is 4.11. The number of anilines is 1. The van der Waals surface area contributed by atoms with E-state index in [1.165, 1.54) is 5.56 Å². The Kier molecular flexibility index (Phi) is 5.12. The number of aryl methyl sites for hydroxylation is 1. The molecule has 0 aliphatic heterocycles. The minimum Gasteiger partial charge on any atom is -0.496 e. The summed E-state index contributed by atoms with van der Waals surface area (Å²) in [6.07, 6.45) is 1.15. The monoisotopic (exact) mass is 222 g/mol. The smallest absolute Gasteiger partial charge is 0.121 e. The van der Waals surface area contributed by atoms with Crippen molar-refractivity contribution >= 4 is 5.69 Å². The van der Waals surface area contributed by atoms with Crippen LogP contribution in [0, 0.1) is 6.92 Å². The van der Waals surface area contributed by atoms with E-state index in [9.17, 15) is 0 Å². The van der Waals surface area contributed by atoms with Crippen molar-refractivity contribution in [1.82, 2.24) is 4.90 Å². The van der Waals surface area contributed by atoms with Crippen LogP contribution in [-0.2, 0) is 0 Å². The zero-order chi connectivity index (χ0) is 12.0. The van der Waals surface area contributed by atoms with E-state index in [2.05, 4.69) is 43.4 Å². The molecule has 0 amide bonds. The highest BCUT2D eigenvalue weighted by Gasteiger charge is 1.99. The van der Waals surface area contributed by atoms with E-state index in [0.29, 0.717) is 0 Å². The molecule has 0 unspecified atom stereocenters. The largest absolute Gasteiger partial charge is 0.496 e. The molecule has 3 nitrogen and oxygen atoms in total. The van der Waals surface area contributed by atoms with Crippen LogP contribution in [0.4, 0.5) is 5.69 Å². The van der Waals surface area contributed by atoms with Crippen molar-refractivity contribution in [3.63, 3.8) is 0 Å². The fourth-order valence-corrected chi connectivity index (χ4v) is 1.62. The number of rotatable bonds is 6. The lowest BCUT2D eigenvalue weighted by Crippen LogP contribution is -2.16. The van der Waals surface area contributed by atoms with Gasteiger partial charge in [-0.05, 0) is 57.7 Å². The average molecular weight is 222 g/mol. The topological polar surface area (TPSA) is 24.5 Å². The van der Waals surface area contributed by atoms with Gasteiger partial charge in [-0.15, -0.1) is 0 Å². The second-order valence-corrected chi connectivity index (χ2v) is 4.27. The molecule has 0 spiro atoms. The summed E-state index contributed by atoms with van der Waals surface area (Å²) in [5.41, 5.74) is 2.33. The molecule has 1 aromatic rings. The van der Waals surface area contributed by atoms with E-state index in [4.69, 9.17) is 4.74 Å². The Bertz CT molecular complexity index is 324. The van der Waals surface area contributed by atoms with E-state index in [1.807, 2.05) is 6.07 Å². The molecular formula is C13H22N2O. The molecule has 0 heterocycles. The summed E-state index contributed by atoms with van der Waals surface area (Å²) in [6, 6.07) is 6.18. The first-order chi connectivity index (χ1) is 7.63. The summed E-state index contributed by atoms with van der Waals surface area (Å²) >= 11 is 0. The average Bonchev–Trinajstić information content (AvgIpc) is 2.24. The van der Waals surface area contributed by atoms with Crippen molar-refractivity contribution < 1.29 is 4.74 Å². The van der Waals surface area contributed by atoms with Gasteiger partial charge in [-0.25, -0.2) is 0 Å². The summed E-state index contributed by atoms with van der Waals surface area (Å²) in [4.78, 5) is 2.20. The van der Waals surface area contributed by atoms with Crippen molar-refractivity contribution in [2.75, 3.05) is 39.6 Å². The van der Waals surface area contributed by atoms with E-state index in [-0.39, 0.29) is 0 Å². The van der Waals surface area contributed by atoms with Gasteiger partial charge >= 0.3 is 0 Å². The van der Waals surface area contributed by atoms with Crippen LogP contribution in [0.5, 0.6) is 5.75 Å². The van der Waals surface area contributed by atoms with Crippen molar-refractivity contribution in [1.29, 1.82) is 0 Å². The number of ether oxygens (including phenoxy) is 1. The second kappa shape index (κ2) is 6.38. The quantitative estimate of drug-likeness (QED) is 0.748. The molecule has 1 N–H and O–H groups in total. The maximum atomic E-state index is 5.22. The van der Waals surface area contributed by atoms with Crippen molar-refractivity contribution in [3.05, 3.63) is 23.8 Å². The third-order valence-electron chi connectivity index (χ3n) is 2.51. The molecule has 16 heavy (non-hydrogen) atoms. The number of nitrogens with zero attached hydrogens (tertiary/aromatic N) is 1. The molecular weight excluding hydrogens is 200 g/mol. The second-order valence-electron chi connectivity index (χ2n) is 4.27. The van der Waals surface area contributed by atoms with Gasteiger partial charge in [-0.1, -0.05) is 0 Å². The van der Waals surface area contributed by atoms with Crippen molar-refractivity contribution in [2.45, 2.75) is 13.3 Å². The maximum absolute atomic E-state index is 5.22. The van der Waals surface area contributed by atoms with E-state index >= 15 is 0 Å². The van der Waals surface area contributed by atoms with Crippen LogP contribution in [-0.4, -0.2) is 39.2 Å². The molecule has 0 aliphatic carbocycles. The molecule has 90 valence electrons. The fourth-order valence-electron chi connectivity index (χ4n) is 1.62. The lowest BCUT2D eigenvalue weighted by Gasteiger charge is -2.12. The van der Waals surface area contributed by atoms with Gasteiger partial charge in [0.25, 0.3) is 0 Å². The Morgan fingerprint density at radius 3 is 2.62 bits per heavy atom. The Balaban J connectivity index is 2.40. The first kappa shape index (κ1) is 12.8. The maximum Gasteiger partial charge on any atom is 0.121 e. The van der Waals surface area contributed by atoms with Crippen LogP contribution >= 0.6 is 0 Å². The summed E-state index contributed by atoms with van der Waals surface area (Å²) in [7, 11) is 5.89. The molecule has 0 aliphatic rings. The Morgan fingerprint density at radius 1 is 1.31 bits per heavy atom. The summed E-state index contributed by atoms with van der Waals surface area (Å²) in [5, 5.41) is 3.41. The van der Waals surface area contributed by atoms with Gasteiger partial charge in [0.15, 0.2) is 0 Å². The van der Waals surface area contributed by atoms with Gasteiger partial charge in [0, 0.05) is 12.2 Å². The molecule has 0 bridgehead atoms. The fraction of sp³-hybridized carbons (Fsp3) is 0.538. The Labute approximate surface area is 98.4 Å². The van der Waals surface area contributed by atoms with Crippen LogP contribution in [0.3, 0.4) is 0 Å². The molecule has 0 saturated carbocycles. The highest BCUT2D eigenvalue weighted by molar-refractivity contribution is 5.50. The SMILES string of the molecule is COc1ccc(NCCCN(C)C)cc1C. The molecule has 3 heteroatoms. The lowest BCUT2D eigenvalue weighted by atomic mass is 10.2. The van der Waals surface area contributed by atoms with Crippen LogP contribution < -0.4 is 10.1 Å². The van der Waals surface area contributed by atoms with E-state index < -0.39 is 0 Å². The minimum absolute atomic E-state index is 0.943.